The maximum Gasteiger partial charge on any atom is 0.251 e. The van der Waals surface area contributed by atoms with Crippen molar-refractivity contribution < 1.29 is 4.79 Å². The quantitative estimate of drug-likeness (QED) is 0.466. The molecule has 0 fully saturated rings. The van der Waals surface area contributed by atoms with Gasteiger partial charge in [-0.1, -0.05) is 48.2 Å². The van der Waals surface area contributed by atoms with Crippen molar-refractivity contribution in [2.24, 2.45) is 0 Å². The summed E-state index contributed by atoms with van der Waals surface area (Å²) in [6.07, 6.45) is 2.03. The van der Waals surface area contributed by atoms with Crippen LogP contribution in [0.1, 0.15) is 11.3 Å². The molecule has 7 heteroatoms. The molecular weight excluding hydrogens is 378 g/mol. The van der Waals surface area contributed by atoms with Gasteiger partial charge in [0.25, 0.3) is 5.56 Å². The average molecular weight is 398 g/mol. The zero-order valence-electron chi connectivity index (χ0n) is 14.8. The molecule has 0 aliphatic rings. The van der Waals surface area contributed by atoms with Crippen LogP contribution in [0.4, 0.5) is 5.69 Å². The Morgan fingerprint density at radius 3 is 2.70 bits per heavy atom. The minimum atomic E-state index is -0.257. The Labute approximate surface area is 166 Å². The smallest absolute Gasteiger partial charge is 0.251 e. The molecule has 1 amide bonds. The van der Waals surface area contributed by atoms with Crippen LogP contribution < -0.4 is 10.9 Å². The first kappa shape index (κ1) is 19.3. The van der Waals surface area contributed by atoms with Crippen molar-refractivity contribution in [3.8, 4) is 0 Å². The van der Waals surface area contributed by atoms with Crippen molar-refractivity contribution in [3.63, 3.8) is 0 Å². The molecule has 0 aliphatic carbocycles. The van der Waals surface area contributed by atoms with Gasteiger partial charge in [0.2, 0.25) is 5.91 Å². The normalized spacial score (nSPS) is 10.6. The number of nitrogens with one attached hydrogen (secondary N) is 2. The highest BCUT2D eigenvalue weighted by molar-refractivity contribution is 7.98. The number of carbonyl (C=O) groups excluding carboxylic acids is 1. The van der Waals surface area contributed by atoms with Crippen LogP contribution in [0.2, 0.25) is 0 Å². The number of nitrogens with zero attached hydrogens (tertiary/aromatic N) is 1. The van der Waals surface area contributed by atoms with E-state index in [1.54, 1.807) is 11.8 Å². The third-order valence-corrected chi connectivity index (χ3v) is 5.36. The molecule has 1 aromatic heterocycles. The summed E-state index contributed by atoms with van der Waals surface area (Å²) in [6, 6.07) is 18.9. The predicted molar refractivity (Wildman–Crippen MR) is 111 cm³/mol. The molecule has 0 aliphatic heterocycles. The third kappa shape index (κ3) is 6.01. The number of rotatable bonds is 7. The van der Waals surface area contributed by atoms with Gasteiger partial charge in [-0.3, -0.25) is 9.59 Å². The molecule has 0 spiro atoms. The summed E-state index contributed by atoms with van der Waals surface area (Å²) in [7, 11) is 0. The Balaban J connectivity index is 1.64. The monoisotopic (exact) mass is 397 g/mol. The molecule has 3 aromatic rings. The molecule has 0 saturated heterocycles. The van der Waals surface area contributed by atoms with E-state index >= 15 is 0 Å². The summed E-state index contributed by atoms with van der Waals surface area (Å²) in [5.74, 6) is 0.492. The molecule has 0 radical (unpaired) electrons. The van der Waals surface area contributed by atoms with E-state index in [1.807, 2.05) is 60.9 Å². The molecule has 2 N–H and O–H groups in total. The Bertz CT molecular complexity index is 974. The number of carbonyl (C=O) groups is 1. The molecule has 5 nitrogen and oxygen atoms in total. The zero-order chi connectivity index (χ0) is 19.1. The average Bonchev–Trinajstić information content (AvgIpc) is 2.67. The van der Waals surface area contributed by atoms with Crippen LogP contribution in [0.15, 0.2) is 75.5 Å². The number of hydrogen-bond acceptors (Lipinski definition) is 5. The first-order chi connectivity index (χ1) is 13.1. The zero-order valence-corrected chi connectivity index (χ0v) is 16.4. The Morgan fingerprint density at radius 1 is 1.11 bits per heavy atom. The summed E-state index contributed by atoms with van der Waals surface area (Å²) in [5.41, 5.74) is 2.07. The van der Waals surface area contributed by atoms with Crippen molar-refractivity contribution in [2.45, 2.75) is 22.2 Å². The van der Waals surface area contributed by atoms with Crippen LogP contribution >= 0.6 is 23.5 Å². The highest BCUT2D eigenvalue weighted by Crippen LogP contribution is 2.20. The molecule has 0 bridgehead atoms. The van der Waals surface area contributed by atoms with Crippen molar-refractivity contribution in [2.75, 3.05) is 11.6 Å². The number of anilines is 1. The second-order valence-corrected chi connectivity index (χ2v) is 7.62. The number of aromatic nitrogens is 2. The summed E-state index contributed by atoms with van der Waals surface area (Å²) >= 11 is 3.05. The van der Waals surface area contributed by atoms with E-state index in [0.29, 0.717) is 16.6 Å². The predicted octanol–water partition coefficient (Wildman–Crippen LogP) is 3.97. The first-order valence-electron chi connectivity index (χ1n) is 8.33. The maximum absolute atomic E-state index is 12.3. The number of thioether (sulfide) groups is 2. The summed E-state index contributed by atoms with van der Waals surface area (Å²) in [5, 5.41) is 3.36. The Hall–Kier alpha value is -2.51. The van der Waals surface area contributed by atoms with E-state index in [2.05, 4.69) is 15.3 Å². The largest absolute Gasteiger partial charge is 0.326 e. The summed E-state index contributed by atoms with van der Waals surface area (Å²) in [6.45, 7) is 0. The lowest BCUT2D eigenvalue weighted by atomic mass is 10.2. The van der Waals surface area contributed by atoms with E-state index in [9.17, 15) is 9.59 Å². The lowest BCUT2D eigenvalue weighted by Gasteiger charge is -2.07. The van der Waals surface area contributed by atoms with Gasteiger partial charge in [-0.05, 0) is 30.0 Å². The number of amides is 1. The van der Waals surface area contributed by atoms with Gasteiger partial charge in [0.1, 0.15) is 0 Å². The van der Waals surface area contributed by atoms with Crippen molar-refractivity contribution >= 4 is 35.1 Å². The van der Waals surface area contributed by atoms with Gasteiger partial charge >= 0.3 is 0 Å². The molecule has 0 saturated carbocycles. The number of aromatic amines is 1. The van der Waals surface area contributed by atoms with Crippen molar-refractivity contribution in [1.29, 1.82) is 0 Å². The van der Waals surface area contributed by atoms with Gasteiger partial charge in [0.05, 0.1) is 12.1 Å². The summed E-state index contributed by atoms with van der Waals surface area (Å²) < 4.78 is 0. The van der Waals surface area contributed by atoms with Gasteiger partial charge in [0.15, 0.2) is 5.16 Å². The van der Waals surface area contributed by atoms with Gasteiger partial charge in [0, 0.05) is 22.4 Å². The van der Waals surface area contributed by atoms with Crippen molar-refractivity contribution in [1.82, 2.24) is 9.97 Å². The number of H-pyrrole nitrogens is 1. The third-order valence-electron chi connectivity index (χ3n) is 3.69. The molecule has 3 rings (SSSR count). The molecule has 0 unspecified atom stereocenters. The topological polar surface area (TPSA) is 74.8 Å². The van der Waals surface area contributed by atoms with Gasteiger partial charge in [-0.15, -0.1) is 11.8 Å². The minimum absolute atomic E-state index is 0.0479. The maximum atomic E-state index is 12.3. The molecule has 1 heterocycles. The number of hydrogen-bond donors (Lipinski definition) is 2. The van der Waals surface area contributed by atoms with E-state index in [0.717, 1.165) is 16.1 Å². The highest BCUT2D eigenvalue weighted by atomic mass is 32.2. The van der Waals surface area contributed by atoms with E-state index in [1.165, 1.54) is 17.8 Å². The van der Waals surface area contributed by atoms with Crippen LogP contribution in [0.5, 0.6) is 0 Å². The van der Waals surface area contributed by atoms with Crippen molar-refractivity contribution in [3.05, 3.63) is 82.3 Å². The van der Waals surface area contributed by atoms with E-state index < -0.39 is 0 Å². The van der Waals surface area contributed by atoms with E-state index in [4.69, 9.17) is 0 Å². The van der Waals surface area contributed by atoms with Crippen LogP contribution in [-0.4, -0.2) is 22.1 Å². The molecule has 2 aromatic carbocycles. The fraction of sp³-hybridized carbons (Fsp3) is 0.150. The Kier molecular flexibility index (Phi) is 6.73. The second kappa shape index (κ2) is 9.43. The van der Waals surface area contributed by atoms with Gasteiger partial charge in [-0.25, -0.2) is 4.98 Å². The van der Waals surface area contributed by atoms with E-state index in [-0.39, 0.29) is 17.9 Å². The van der Waals surface area contributed by atoms with Crippen LogP contribution in [0, 0.1) is 0 Å². The Morgan fingerprint density at radius 2 is 1.93 bits per heavy atom. The standard InChI is InChI=1S/C20H19N3O2S2/c1-26-17-9-5-8-15(10-17)21-18(24)11-16-12-19(25)23-20(22-16)27-13-14-6-3-2-4-7-14/h2-10,12H,11,13H2,1H3,(H,21,24)(H,22,23,25). The van der Waals surface area contributed by atoms with Gasteiger partial charge < -0.3 is 10.3 Å². The molecule has 27 heavy (non-hydrogen) atoms. The second-order valence-electron chi connectivity index (χ2n) is 5.77. The lowest BCUT2D eigenvalue weighted by molar-refractivity contribution is -0.115. The molecular formula is C20H19N3O2S2. The van der Waals surface area contributed by atoms with Gasteiger partial charge in [-0.2, -0.15) is 0 Å². The minimum Gasteiger partial charge on any atom is -0.326 e. The highest BCUT2D eigenvalue weighted by Gasteiger charge is 2.09. The lowest BCUT2D eigenvalue weighted by Crippen LogP contribution is -2.18. The molecule has 0 atom stereocenters. The van der Waals surface area contributed by atoms with Crippen LogP contribution in [-0.2, 0) is 17.0 Å². The van der Waals surface area contributed by atoms with Crippen LogP contribution in [0.25, 0.3) is 0 Å². The summed E-state index contributed by atoms with van der Waals surface area (Å²) in [4.78, 5) is 32.4. The molecule has 138 valence electrons. The fourth-order valence-corrected chi connectivity index (χ4v) is 3.75. The number of benzene rings is 2. The first-order valence-corrected chi connectivity index (χ1v) is 10.5. The SMILES string of the molecule is CSc1cccc(NC(=O)Cc2cc(=O)[nH]c(SCc3ccccc3)n2)c1. The van der Waals surface area contributed by atoms with Crippen LogP contribution in [0.3, 0.4) is 0 Å². The fourth-order valence-electron chi connectivity index (χ4n) is 2.44.